The second-order valence-corrected chi connectivity index (χ2v) is 4.30. The predicted octanol–water partition coefficient (Wildman–Crippen LogP) is 0.288. The van der Waals surface area contributed by atoms with Gasteiger partial charge in [-0.25, -0.2) is 0 Å². The average molecular weight is 251 g/mol. The molecule has 0 spiro atoms. The number of nitriles is 1. The molecule has 0 aromatic carbocycles. The van der Waals surface area contributed by atoms with E-state index < -0.39 is 0 Å². The van der Waals surface area contributed by atoms with Gasteiger partial charge in [0.2, 0.25) is 17.7 Å². The fourth-order valence-corrected chi connectivity index (χ4v) is 1.74. The molecule has 0 unspecified atom stereocenters. The van der Waals surface area contributed by atoms with Crippen LogP contribution in [0.4, 0.5) is 0 Å². The van der Waals surface area contributed by atoms with Crippen molar-refractivity contribution < 1.29 is 14.4 Å². The van der Waals surface area contributed by atoms with Crippen LogP contribution in [0.25, 0.3) is 0 Å². The molecule has 1 aliphatic heterocycles. The molecule has 0 atom stereocenters. The van der Waals surface area contributed by atoms with Gasteiger partial charge in [0.25, 0.3) is 0 Å². The molecule has 0 saturated carbocycles. The first-order chi connectivity index (χ1) is 8.56. The van der Waals surface area contributed by atoms with E-state index in [9.17, 15) is 14.4 Å². The number of amides is 3. The van der Waals surface area contributed by atoms with Crippen LogP contribution in [0.15, 0.2) is 0 Å². The number of carbonyl (C=O) groups is 3. The smallest absolute Gasteiger partial charge is 0.242 e. The van der Waals surface area contributed by atoms with E-state index in [0.717, 1.165) is 4.90 Å². The van der Waals surface area contributed by atoms with Gasteiger partial charge in [-0.3, -0.25) is 19.3 Å². The van der Waals surface area contributed by atoms with E-state index in [1.54, 1.807) is 7.05 Å². The van der Waals surface area contributed by atoms with Crippen molar-refractivity contribution in [3.05, 3.63) is 0 Å². The van der Waals surface area contributed by atoms with Crippen LogP contribution in [-0.2, 0) is 14.4 Å². The largest absolute Gasteiger partial charge is 0.343 e. The Labute approximate surface area is 106 Å². The molecule has 0 bridgehead atoms. The highest BCUT2D eigenvalue weighted by atomic mass is 16.2. The van der Waals surface area contributed by atoms with Gasteiger partial charge < -0.3 is 4.90 Å². The number of likely N-dealkylation sites (N-methyl/N-ethyl adjacent to an activating group) is 1. The zero-order valence-electron chi connectivity index (χ0n) is 10.5. The maximum atomic E-state index is 11.8. The van der Waals surface area contributed by atoms with Crippen molar-refractivity contribution in [2.75, 3.05) is 20.1 Å². The summed E-state index contributed by atoms with van der Waals surface area (Å²) >= 11 is 0. The van der Waals surface area contributed by atoms with Crippen LogP contribution in [0.3, 0.4) is 0 Å². The van der Waals surface area contributed by atoms with Crippen molar-refractivity contribution in [1.82, 2.24) is 9.80 Å². The zero-order valence-corrected chi connectivity index (χ0v) is 10.5. The molecule has 18 heavy (non-hydrogen) atoms. The second kappa shape index (κ2) is 6.74. The summed E-state index contributed by atoms with van der Waals surface area (Å²) in [6.07, 6.45) is 2.27. The minimum Gasteiger partial charge on any atom is -0.343 e. The van der Waals surface area contributed by atoms with E-state index in [-0.39, 0.29) is 30.7 Å². The first kappa shape index (κ1) is 14.2. The molecule has 0 radical (unpaired) electrons. The van der Waals surface area contributed by atoms with Crippen molar-refractivity contribution in [1.29, 1.82) is 5.26 Å². The number of nitrogens with zero attached hydrogens (tertiary/aromatic N) is 3. The van der Waals surface area contributed by atoms with Crippen LogP contribution in [0.1, 0.15) is 32.1 Å². The van der Waals surface area contributed by atoms with Crippen LogP contribution in [0.5, 0.6) is 0 Å². The van der Waals surface area contributed by atoms with E-state index in [0.29, 0.717) is 32.2 Å². The molecule has 1 fully saturated rings. The SMILES string of the molecule is CN(CCC#N)C(=O)CN1C(=O)CCCCC1=O. The normalized spacial score (nSPS) is 16.1. The van der Waals surface area contributed by atoms with E-state index in [1.165, 1.54) is 4.90 Å². The molecule has 3 amide bonds. The first-order valence-electron chi connectivity index (χ1n) is 6.00. The van der Waals surface area contributed by atoms with E-state index in [1.807, 2.05) is 6.07 Å². The Bertz CT molecular complexity index is 369. The maximum absolute atomic E-state index is 11.8. The van der Waals surface area contributed by atoms with Gasteiger partial charge in [-0.05, 0) is 12.8 Å². The standard InChI is InChI=1S/C12H17N3O3/c1-14(8-4-7-13)12(18)9-15-10(16)5-2-3-6-11(15)17/h2-6,8-9H2,1H3. The number of likely N-dealkylation sites (tertiary alicyclic amines) is 1. The molecule has 0 N–H and O–H groups in total. The zero-order chi connectivity index (χ0) is 13.5. The quantitative estimate of drug-likeness (QED) is 0.672. The lowest BCUT2D eigenvalue weighted by Gasteiger charge is -2.22. The highest BCUT2D eigenvalue weighted by molar-refractivity contribution is 5.99. The number of imide groups is 1. The first-order valence-corrected chi connectivity index (χ1v) is 6.00. The van der Waals surface area contributed by atoms with E-state index in [4.69, 9.17) is 5.26 Å². The van der Waals surface area contributed by atoms with Gasteiger partial charge in [-0.15, -0.1) is 0 Å². The van der Waals surface area contributed by atoms with Gasteiger partial charge in [0.05, 0.1) is 12.5 Å². The fourth-order valence-electron chi connectivity index (χ4n) is 1.74. The van der Waals surface area contributed by atoms with Crippen LogP contribution in [0.2, 0.25) is 0 Å². The van der Waals surface area contributed by atoms with Gasteiger partial charge >= 0.3 is 0 Å². The molecule has 6 heteroatoms. The molecule has 1 aliphatic rings. The number of carbonyl (C=O) groups excluding carboxylic acids is 3. The molecule has 1 saturated heterocycles. The number of hydrogen-bond acceptors (Lipinski definition) is 4. The summed E-state index contributed by atoms with van der Waals surface area (Å²) in [7, 11) is 1.56. The van der Waals surface area contributed by atoms with Crippen molar-refractivity contribution >= 4 is 17.7 Å². The lowest BCUT2D eigenvalue weighted by molar-refractivity contribution is -0.149. The van der Waals surface area contributed by atoms with Gasteiger partial charge in [0, 0.05) is 26.4 Å². The molecule has 1 rings (SSSR count). The summed E-state index contributed by atoms with van der Waals surface area (Å²) in [5.41, 5.74) is 0. The predicted molar refractivity (Wildman–Crippen MR) is 63.1 cm³/mol. The van der Waals surface area contributed by atoms with Gasteiger partial charge in [0.1, 0.15) is 6.54 Å². The monoisotopic (exact) mass is 251 g/mol. The summed E-state index contributed by atoms with van der Waals surface area (Å²) in [5, 5.41) is 8.43. The van der Waals surface area contributed by atoms with Crippen molar-refractivity contribution in [2.45, 2.75) is 32.1 Å². The summed E-state index contributed by atoms with van der Waals surface area (Å²) < 4.78 is 0. The summed E-state index contributed by atoms with van der Waals surface area (Å²) in [5.74, 6) is -0.868. The summed E-state index contributed by atoms with van der Waals surface area (Å²) in [6.45, 7) is 0.102. The Morgan fingerprint density at radius 3 is 2.39 bits per heavy atom. The highest BCUT2D eigenvalue weighted by Gasteiger charge is 2.26. The number of hydrogen-bond donors (Lipinski definition) is 0. The third-order valence-electron chi connectivity index (χ3n) is 2.91. The van der Waals surface area contributed by atoms with Gasteiger partial charge in [-0.1, -0.05) is 0 Å². The third-order valence-corrected chi connectivity index (χ3v) is 2.91. The lowest BCUT2D eigenvalue weighted by atomic mass is 10.2. The number of rotatable bonds is 4. The van der Waals surface area contributed by atoms with E-state index >= 15 is 0 Å². The lowest BCUT2D eigenvalue weighted by Crippen LogP contribution is -2.44. The van der Waals surface area contributed by atoms with Crippen LogP contribution < -0.4 is 0 Å². The Morgan fingerprint density at radius 2 is 1.89 bits per heavy atom. The van der Waals surface area contributed by atoms with Crippen LogP contribution >= 0.6 is 0 Å². The molecule has 0 aromatic heterocycles. The topological polar surface area (TPSA) is 81.5 Å². The Kier molecular flexibility index (Phi) is 5.31. The molecular formula is C12H17N3O3. The average Bonchev–Trinajstić information content (AvgIpc) is 2.50. The Morgan fingerprint density at radius 1 is 1.33 bits per heavy atom. The van der Waals surface area contributed by atoms with Crippen molar-refractivity contribution in [3.8, 4) is 6.07 Å². The van der Waals surface area contributed by atoms with Crippen LogP contribution in [0, 0.1) is 11.3 Å². The highest BCUT2D eigenvalue weighted by Crippen LogP contribution is 2.12. The fraction of sp³-hybridized carbons (Fsp3) is 0.667. The molecular weight excluding hydrogens is 234 g/mol. The minimum absolute atomic E-state index is 0.209. The molecule has 0 aromatic rings. The second-order valence-electron chi connectivity index (χ2n) is 4.30. The summed E-state index contributed by atoms with van der Waals surface area (Å²) in [4.78, 5) is 37.6. The molecule has 98 valence electrons. The molecule has 1 heterocycles. The van der Waals surface area contributed by atoms with Crippen LogP contribution in [-0.4, -0.2) is 47.7 Å². The van der Waals surface area contributed by atoms with Crippen molar-refractivity contribution in [3.63, 3.8) is 0 Å². The van der Waals surface area contributed by atoms with Gasteiger partial charge in [-0.2, -0.15) is 5.26 Å². The molecule has 6 nitrogen and oxygen atoms in total. The summed E-state index contributed by atoms with van der Waals surface area (Å²) in [6, 6.07) is 1.94. The van der Waals surface area contributed by atoms with Crippen molar-refractivity contribution in [2.24, 2.45) is 0 Å². The maximum Gasteiger partial charge on any atom is 0.242 e. The minimum atomic E-state index is -0.311. The Balaban J connectivity index is 2.58. The Hall–Kier alpha value is -1.90. The molecule has 0 aliphatic carbocycles. The third kappa shape index (κ3) is 3.84. The van der Waals surface area contributed by atoms with E-state index in [2.05, 4.69) is 0 Å². The van der Waals surface area contributed by atoms with Gasteiger partial charge in [0.15, 0.2) is 0 Å².